The molecule has 3 aromatic rings. The van der Waals surface area contributed by atoms with Crippen LogP contribution in [0.25, 0.3) is 10.8 Å². The van der Waals surface area contributed by atoms with Gasteiger partial charge in [0.2, 0.25) is 0 Å². The summed E-state index contributed by atoms with van der Waals surface area (Å²) in [6, 6.07) is 18.8. The van der Waals surface area contributed by atoms with Crippen LogP contribution in [0.4, 0.5) is 13.2 Å². The number of alkyl halides is 3. The van der Waals surface area contributed by atoms with Crippen molar-refractivity contribution in [3.05, 3.63) is 88.6 Å². The summed E-state index contributed by atoms with van der Waals surface area (Å²) in [5, 5.41) is 15.7. The van der Waals surface area contributed by atoms with Crippen molar-refractivity contribution in [2.75, 3.05) is 6.54 Å². The normalized spacial score (nSPS) is 13.3. The Hall–Kier alpha value is -2.37. The highest BCUT2D eigenvalue weighted by Gasteiger charge is 2.30. The van der Waals surface area contributed by atoms with Gasteiger partial charge < -0.3 is 10.3 Å². The topological polar surface area (TPSA) is 26.3 Å². The van der Waals surface area contributed by atoms with Gasteiger partial charge in [-0.25, -0.2) is 0 Å². The molecule has 0 aromatic heterocycles. The van der Waals surface area contributed by atoms with E-state index < -0.39 is 11.7 Å². The zero-order chi connectivity index (χ0) is 19.4. The molecule has 5 heteroatoms. The van der Waals surface area contributed by atoms with Gasteiger partial charge in [-0.15, -0.1) is 0 Å². The summed E-state index contributed by atoms with van der Waals surface area (Å²) in [6.45, 7) is 2.12. The first kappa shape index (κ1) is 19.4. The van der Waals surface area contributed by atoms with Gasteiger partial charge in [0, 0.05) is 6.04 Å². The van der Waals surface area contributed by atoms with Crippen LogP contribution in [0.2, 0.25) is 0 Å². The average molecular weight is 372 g/mol. The summed E-state index contributed by atoms with van der Waals surface area (Å²) >= 11 is 0. The van der Waals surface area contributed by atoms with Crippen molar-refractivity contribution in [3.63, 3.8) is 0 Å². The monoisotopic (exact) mass is 372 g/mol. The minimum absolute atomic E-state index is 0.265. The highest BCUT2D eigenvalue weighted by molar-refractivity contribution is 5.86. The molecule has 0 N–H and O–H groups in total. The first-order valence-electron chi connectivity index (χ1n) is 8.94. The number of hydroxylamine groups is 2. The van der Waals surface area contributed by atoms with Crippen molar-refractivity contribution in [1.29, 1.82) is 0 Å². The predicted molar refractivity (Wildman–Crippen MR) is 102 cm³/mol. The van der Waals surface area contributed by atoms with Gasteiger partial charge in [-0.3, -0.25) is 0 Å². The SMILES string of the molecule is C[C@H](c1cccc2ccccc12)N([O-])CCCc1cccc(C(F)(F)F)c1. The molecular formula is C22H21F3NO-. The Labute approximate surface area is 156 Å². The maximum absolute atomic E-state index is 12.8. The lowest BCUT2D eigenvalue weighted by Gasteiger charge is -2.35. The first-order valence-corrected chi connectivity index (χ1v) is 8.94. The molecule has 0 amide bonds. The number of nitrogens with zero attached hydrogens (tertiary/aromatic N) is 1. The summed E-state index contributed by atoms with van der Waals surface area (Å²) in [5.41, 5.74) is 0.904. The van der Waals surface area contributed by atoms with Gasteiger partial charge in [0.25, 0.3) is 0 Å². The van der Waals surface area contributed by atoms with Crippen LogP contribution in [0.5, 0.6) is 0 Å². The first-order chi connectivity index (χ1) is 12.9. The highest BCUT2D eigenvalue weighted by Crippen LogP contribution is 2.30. The Balaban J connectivity index is 1.63. The van der Waals surface area contributed by atoms with Crippen LogP contribution in [-0.4, -0.2) is 11.6 Å². The maximum atomic E-state index is 12.8. The fourth-order valence-electron chi connectivity index (χ4n) is 3.31. The Kier molecular flexibility index (Phi) is 5.82. The molecule has 2 nitrogen and oxygen atoms in total. The molecule has 0 aliphatic heterocycles. The third-order valence-corrected chi connectivity index (χ3v) is 4.80. The molecule has 0 spiro atoms. The van der Waals surface area contributed by atoms with Crippen LogP contribution in [0.1, 0.15) is 36.1 Å². The van der Waals surface area contributed by atoms with Crippen LogP contribution in [-0.2, 0) is 12.6 Å². The molecule has 1 atom stereocenters. The van der Waals surface area contributed by atoms with Crippen molar-refractivity contribution < 1.29 is 13.2 Å². The zero-order valence-electron chi connectivity index (χ0n) is 15.0. The molecule has 0 heterocycles. The summed E-state index contributed by atoms with van der Waals surface area (Å²) in [4.78, 5) is 0. The quantitative estimate of drug-likeness (QED) is 0.471. The third-order valence-electron chi connectivity index (χ3n) is 4.80. The molecule has 0 aliphatic carbocycles. The minimum Gasteiger partial charge on any atom is -0.785 e. The largest absolute Gasteiger partial charge is 0.785 e. The van der Waals surface area contributed by atoms with E-state index in [1.165, 1.54) is 6.07 Å². The van der Waals surface area contributed by atoms with E-state index in [-0.39, 0.29) is 12.6 Å². The third kappa shape index (κ3) is 4.67. The molecule has 142 valence electrons. The van der Waals surface area contributed by atoms with E-state index in [9.17, 15) is 18.4 Å². The highest BCUT2D eigenvalue weighted by atomic mass is 19.4. The lowest BCUT2D eigenvalue weighted by atomic mass is 9.99. The van der Waals surface area contributed by atoms with Gasteiger partial charge in [-0.2, -0.15) is 13.2 Å². The summed E-state index contributed by atoms with van der Waals surface area (Å²) in [7, 11) is 0. The van der Waals surface area contributed by atoms with E-state index in [4.69, 9.17) is 0 Å². The van der Waals surface area contributed by atoms with Crippen molar-refractivity contribution in [3.8, 4) is 0 Å². The van der Waals surface area contributed by atoms with Gasteiger partial charge >= 0.3 is 6.18 Å². The predicted octanol–water partition coefficient (Wildman–Crippen LogP) is 6.35. The maximum Gasteiger partial charge on any atom is 0.416 e. The molecule has 0 bridgehead atoms. The molecule has 0 saturated heterocycles. The standard InChI is InChI=1S/C22H21F3NO/c1-16(20-13-5-10-18-9-2-3-12-21(18)20)26(27)14-6-8-17-7-4-11-19(15-17)22(23,24)25/h2-5,7,9-13,15-16H,6,8,14H2,1H3/q-1/t16-/m1/s1. The lowest BCUT2D eigenvalue weighted by molar-refractivity contribution is -0.137. The minimum atomic E-state index is -4.34. The number of hydrogen-bond donors (Lipinski definition) is 0. The Morgan fingerprint density at radius 2 is 1.67 bits per heavy atom. The van der Waals surface area contributed by atoms with E-state index in [0.29, 0.717) is 18.4 Å². The van der Waals surface area contributed by atoms with Gasteiger partial charge in [-0.05, 0) is 54.3 Å². The van der Waals surface area contributed by atoms with E-state index >= 15 is 0 Å². The number of halogens is 3. The fraction of sp³-hybridized carbons (Fsp3) is 0.273. The summed E-state index contributed by atoms with van der Waals surface area (Å²) in [6.07, 6.45) is -3.41. The lowest BCUT2D eigenvalue weighted by Crippen LogP contribution is -2.22. The molecule has 3 rings (SSSR count). The summed E-state index contributed by atoms with van der Waals surface area (Å²) < 4.78 is 38.3. The van der Waals surface area contributed by atoms with E-state index in [1.54, 1.807) is 6.07 Å². The molecule has 0 fully saturated rings. The Morgan fingerprint density at radius 1 is 0.963 bits per heavy atom. The van der Waals surface area contributed by atoms with E-state index in [2.05, 4.69) is 0 Å². The van der Waals surface area contributed by atoms with E-state index in [0.717, 1.165) is 33.5 Å². The van der Waals surface area contributed by atoms with Crippen LogP contribution < -0.4 is 0 Å². The van der Waals surface area contributed by atoms with Crippen molar-refractivity contribution in [2.24, 2.45) is 0 Å². The molecule has 0 radical (unpaired) electrons. The zero-order valence-corrected chi connectivity index (χ0v) is 15.0. The smallest absolute Gasteiger partial charge is 0.416 e. The van der Waals surface area contributed by atoms with Crippen molar-refractivity contribution in [1.82, 2.24) is 5.06 Å². The number of rotatable bonds is 6. The number of hydrogen-bond acceptors (Lipinski definition) is 2. The molecule has 27 heavy (non-hydrogen) atoms. The van der Waals surface area contributed by atoms with Crippen molar-refractivity contribution >= 4 is 10.8 Å². The Bertz CT molecular complexity index is 902. The summed E-state index contributed by atoms with van der Waals surface area (Å²) in [5.74, 6) is 0. The number of benzene rings is 3. The number of fused-ring (bicyclic) bond motifs is 1. The van der Waals surface area contributed by atoms with Gasteiger partial charge in [0.15, 0.2) is 0 Å². The van der Waals surface area contributed by atoms with E-state index in [1.807, 2.05) is 49.4 Å². The molecule has 3 aromatic carbocycles. The molecule has 0 saturated carbocycles. The van der Waals surface area contributed by atoms with Gasteiger partial charge in [0.05, 0.1) is 5.56 Å². The fourth-order valence-corrected chi connectivity index (χ4v) is 3.31. The Morgan fingerprint density at radius 3 is 2.44 bits per heavy atom. The van der Waals surface area contributed by atoms with Crippen molar-refractivity contribution in [2.45, 2.75) is 32.0 Å². The van der Waals surface area contributed by atoms with Crippen LogP contribution >= 0.6 is 0 Å². The van der Waals surface area contributed by atoms with Gasteiger partial charge in [0.1, 0.15) is 0 Å². The second kappa shape index (κ2) is 8.11. The van der Waals surface area contributed by atoms with Crippen LogP contribution in [0.15, 0.2) is 66.7 Å². The van der Waals surface area contributed by atoms with Gasteiger partial charge in [-0.1, -0.05) is 60.7 Å². The second-order valence-corrected chi connectivity index (χ2v) is 6.69. The average Bonchev–Trinajstić information content (AvgIpc) is 2.66. The number of aryl methyl sites for hydroxylation is 1. The molecule has 0 aliphatic rings. The molecular weight excluding hydrogens is 351 g/mol. The van der Waals surface area contributed by atoms with Crippen LogP contribution in [0, 0.1) is 5.21 Å². The second-order valence-electron chi connectivity index (χ2n) is 6.69. The molecule has 0 unspecified atom stereocenters. The van der Waals surface area contributed by atoms with Crippen LogP contribution in [0.3, 0.4) is 0 Å².